The minimum atomic E-state index is -4.17. The molecular weight excluding hydrogens is 516 g/mol. The van der Waals surface area contributed by atoms with E-state index in [9.17, 15) is 23.1 Å². The molecule has 0 unspecified atom stereocenters. The zero-order chi connectivity index (χ0) is 26.9. The van der Waals surface area contributed by atoms with Crippen molar-refractivity contribution in [2.75, 3.05) is 12.1 Å². The van der Waals surface area contributed by atoms with Gasteiger partial charge in [-0.3, -0.25) is 4.79 Å². The number of aryl methyl sites for hydroxylation is 1. The normalized spacial score (nSPS) is 15.0. The highest BCUT2D eigenvalue weighted by Crippen LogP contribution is 2.34. The van der Waals surface area contributed by atoms with Crippen LogP contribution >= 0.6 is 0 Å². The van der Waals surface area contributed by atoms with Crippen molar-refractivity contribution in [3.63, 3.8) is 0 Å². The van der Waals surface area contributed by atoms with Crippen LogP contribution < -0.4 is 24.2 Å². The summed E-state index contributed by atoms with van der Waals surface area (Å²) in [6.07, 6.45) is 3.55. The van der Waals surface area contributed by atoms with Gasteiger partial charge in [-0.05, 0) is 48.7 Å². The van der Waals surface area contributed by atoms with Crippen LogP contribution in [0.15, 0.2) is 47.4 Å². The minimum Gasteiger partial charge on any atom is -0.476 e. The Kier molecular flexibility index (Phi) is 6.95. The molecule has 38 heavy (non-hydrogen) atoms. The summed E-state index contributed by atoms with van der Waals surface area (Å²) in [5.74, 6) is -0.467. The second-order valence-corrected chi connectivity index (χ2v) is 10.8. The van der Waals surface area contributed by atoms with E-state index in [1.165, 1.54) is 36.0 Å². The summed E-state index contributed by atoms with van der Waals surface area (Å²) in [7, 11) is -2.69. The number of hydrogen-bond donors (Lipinski definition) is 3. The molecule has 200 valence electrons. The molecule has 1 amide bonds. The van der Waals surface area contributed by atoms with Crippen molar-refractivity contribution in [2.45, 2.75) is 37.1 Å². The monoisotopic (exact) mass is 542 g/mol. The number of anilines is 1. The lowest BCUT2D eigenvalue weighted by Gasteiger charge is -2.16. The first-order valence-corrected chi connectivity index (χ1v) is 13.5. The Balaban J connectivity index is 1.43. The SMILES string of the molecule is Cn1nc(C(=O)O)cc1Oc1ccc(NC(=O)C2CCCC2)cc1S(=O)(=O)NCc1ccc2c(c1)OCO2. The molecule has 1 aromatic heterocycles. The summed E-state index contributed by atoms with van der Waals surface area (Å²) in [6, 6.07) is 10.5. The van der Waals surface area contributed by atoms with Gasteiger partial charge in [-0.25, -0.2) is 22.6 Å². The number of carbonyl (C=O) groups is 2. The summed E-state index contributed by atoms with van der Waals surface area (Å²) in [6.45, 7) is 0.0497. The molecule has 3 N–H and O–H groups in total. The number of carboxylic acid groups (broad SMARTS) is 1. The predicted molar refractivity (Wildman–Crippen MR) is 134 cm³/mol. The molecule has 5 rings (SSSR count). The first kappa shape index (κ1) is 25.5. The molecule has 0 atom stereocenters. The van der Waals surface area contributed by atoms with Crippen LogP contribution in [-0.4, -0.2) is 42.0 Å². The van der Waals surface area contributed by atoms with Crippen LogP contribution in [0.25, 0.3) is 0 Å². The molecule has 0 bridgehead atoms. The molecule has 0 spiro atoms. The van der Waals surface area contributed by atoms with E-state index in [0.29, 0.717) is 22.7 Å². The van der Waals surface area contributed by atoms with Crippen LogP contribution in [0.4, 0.5) is 5.69 Å². The molecule has 3 aromatic rings. The number of hydrogen-bond acceptors (Lipinski definition) is 8. The van der Waals surface area contributed by atoms with Gasteiger partial charge in [0.05, 0.1) is 0 Å². The number of nitrogens with zero attached hydrogens (tertiary/aromatic N) is 2. The third-order valence-electron chi connectivity index (χ3n) is 6.40. The van der Waals surface area contributed by atoms with E-state index in [0.717, 1.165) is 25.7 Å². The number of benzene rings is 2. The van der Waals surface area contributed by atoms with Gasteiger partial charge in [0.1, 0.15) is 10.6 Å². The topological polar surface area (TPSA) is 158 Å². The number of sulfonamides is 1. The van der Waals surface area contributed by atoms with Crippen molar-refractivity contribution >= 4 is 27.6 Å². The first-order chi connectivity index (χ1) is 18.2. The molecule has 1 fully saturated rings. The van der Waals surface area contributed by atoms with Gasteiger partial charge in [-0.2, -0.15) is 5.10 Å². The number of carbonyl (C=O) groups excluding carboxylic acids is 1. The second kappa shape index (κ2) is 10.3. The second-order valence-electron chi connectivity index (χ2n) is 9.04. The average molecular weight is 543 g/mol. The Hall–Kier alpha value is -4.10. The Morgan fingerprint density at radius 3 is 2.61 bits per heavy atom. The zero-order valence-electron chi connectivity index (χ0n) is 20.5. The summed E-state index contributed by atoms with van der Waals surface area (Å²) in [5, 5.41) is 15.9. The fourth-order valence-electron chi connectivity index (χ4n) is 4.38. The van der Waals surface area contributed by atoms with Crippen LogP contribution in [0, 0.1) is 5.92 Å². The molecular formula is C25H26N4O8S. The van der Waals surface area contributed by atoms with E-state index < -0.39 is 16.0 Å². The van der Waals surface area contributed by atoms with Gasteiger partial charge in [-0.15, -0.1) is 0 Å². The maximum Gasteiger partial charge on any atom is 0.356 e. The fourth-order valence-corrected chi connectivity index (χ4v) is 5.55. The van der Waals surface area contributed by atoms with E-state index in [-0.39, 0.29) is 47.4 Å². The predicted octanol–water partition coefficient (Wildman–Crippen LogP) is 3.25. The van der Waals surface area contributed by atoms with Crippen LogP contribution in [0.5, 0.6) is 23.1 Å². The van der Waals surface area contributed by atoms with Crippen molar-refractivity contribution in [3.8, 4) is 23.1 Å². The van der Waals surface area contributed by atoms with Crippen LogP contribution in [0.3, 0.4) is 0 Å². The quantitative estimate of drug-likeness (QED) is 0.369. The van der Waals surface area contributed by atoms with E-state index in [2.05, 4.69) is 15.1 Å². The summed E-state index contributed by atoms with van der Waals surface area (Å²) in [4.78, 5) is 23.7. The number of nitrogens with one attached hydrogen (secondary N) is 2. The largest absolute Gasteiger partial charge is 0.476 e. The highest BCUT2D eigenvalue weighted by Gasteiger charge is 2.26. The van der Waals surface area contributed by atoms with Gasteiger partial charge in [0.25, 0.3) is 0 Å². The highest BCUT2D eigenvalue weighted by molar-refractivity contribution is 7.89. The molecule has 0 saturated heterocycles. The Morgan fingerprint density at radius 2 is 1.87 bits per heavy atom. The van der Waals surface area contributed by atoms with Crippen molar-refractivity contribution in [3.05, 3.63) is 53.7 Å². The molecule has 2 heterocycles. The molecule has 13 heteroatoms. The van der Waals surface area contributed by atoms with Gasteiger partial charge in [-0.1, -0.05) is 18.9 Å². The Morgan fingerprint density at radius 1 is 1.11 bits per heavy atom. The van der Waals surface area contributed by atoms with Crippen molar-refractivity contribution < 1.29 is 37.3 Å². The lowest BCUT2D eigenvalue weighted by atomic mass is 10.1. The summed E-state index contributed by atoms with van der Waals surface area (Å²) < 4.78 is 47.1. The zero-order valence-corrected chi connectivity index (χ0v) is 21.3. The Labute approximate surface area is 218 Å². The van der Waals surface area contributed by atoms with Crippen molar-refractivity contribution in [1.29, 1.82) is 0 Å². The molecule has 0 radical (unpaired) electrons. The average Bonchev–Trinajstić information content (AvgIpc) is 3.65. The van der Waals surface area contributed by atoms with Crippen LogP contribution in [0.1, 0.15) is 41.7 Å². The third kappa shape index (κ3) is 5.43. The maximum absolute atomic E-state index is 13.5. The van der Waals surface area contributed by atoms with Gasteiger partial charge >= 0.3 is 5.97 Å². The minimum absolute atomic E-state index is 0.0253. The number of aromatic carboxylic acids is 1. The lowest BCUT2D eigenvalue weighted by Crippen LogP contribution is -2.24. The molecule has 1 aliphatic heterocycles. The summed E-state index contributed by atoms with van der Waals surface area (Å²) >= 11 is 0. The third-order valence-corrected chi connectivity index (χ3v) is 7.82. The summed E-state index contributed by atoms with van der Waals surface area (Å²) in [5.41, 5.74) is 0.686. The van der Waals surface area contributed by atoms with Crippen molar-refractivity contribution in [1.82, 2.24) is 14.5 Å². The number of fused-ring (bicyclic) bond motifs is 1. The number of rotatable bonds is 9. The molecule has 2 aromatic carbocycles. The van der Waals surface area contributed by atoms with E-state index in [1.807, 2.05) is 0 Å². The number of aromatic nitrogens is 2. The van der Waals surface area contributed by atoms with E-state index in [4.69, 9.17) is 14.2 Å². The van der Waals surface area contributed by atoms with Gasteiger partial charge in [0.15, 0.2) is 17.2 Å². The number of amides is 1. The first-order valence-electron chi connectivity index (χ1n) is 12.0. The van der Waals surface area contributed by atoms with Crippen LogP contribution in [-0.2, 0) is 28.4 Å². The molecule has 12 nitrogen and oxygen atoms in total. The van der Waals surface area contributed by atoms with E-state index in [1.54, 1.807) is 18.2 Å². The highest BCUT2D eigenvalue weighted by atomic mass is 32.2. The standard InChI is InChI=1S/C25H26N4O8S/c1-29-23(12-18(28-29)25(31)32)37-20-9-7-17(27-24(30)16-4-2-3-5-16)11-22(20)38(33,34)26-13-15-6-8-19-21(10-15)36-14-35-19/h6-12,16,26H,2-5,13-14H2,1H3,(H,27,30)(H,31,32). The smallest absolute Gasteiger partial charge is 0.356 e. The van der Waals surface area contributed by atoms with E-state index >= 15 is 0 Å². The number of carboxylic acids is 1. The van der Waals surface area contributed by atoms with Crippen LogP contribution in [0.2, 0.25) is 0 Å². The lowest BCUT2D eigenvalue weighted by molar-refractivity contribution is -0.119. The molecule has 2 aliphatic rings. The number of ether oxygens (including phenoxy) is 3. The molecule has 1 aliphatic carbocycles. The maximum atomic E-state index is 13.5. The van der Waals surface area contributed by atoms with Gasteiger partial charge in [0.2, 0.25) is 28.6 Å². The Bertz CT molecular complexity index is 1490. The van der Waals surface area contributed by atoms with Crippen molar-refractivity contribution in [2.24, 2.45) is 13.0 Å². The van der Waals surface area contributed by atoms with Gasteiger partial charge in [0, 0.05) is 31.3 Å². The van der Waals surface area contributed by atoms with Gasteiger partial charge < -0.3 is 24.6 Å². The fraction of sp³-hybridized carbons (Fsp3) is 0.320. The molecule has 1 saturated carbocycles.